The van der Waals surface area contributed by atoms with Crippen LogP contribution in [0.2, 0.25) is 0 Å². The molecule has 6 N–H and O–H groups in total. The fourth-order valence-corrected chi connectivity index (χ4v) is 1.78. The molecule has 1 aromatic rings. The summed E-state index contributed by atoms with van der Waals surface area (Å²) in [5, 5.41) is 17.1. The smallest absolute Gasteiger partial charge is 0.238 e. The number of primary sulfonamides is 1. The Balaban J connectivity index is 3.07. The van der Waals surface area contributed by atoms with E-state index in [2.05, 4.69) is 5.32 Å². The fourth-order valence-electron chi connectivity index (χ4n) is 1.24. The topological polar surface area (TPSA) is 118 Å². The second-order valence-electron chi connectivity index (χ2n) is 4.46. The third-order valence-corrected chi connectivity index (χ3v) is 3.13. The monoisotopic (exact) mass is 259 g/mol. The van der Waals surface area contributed by atoms with E-state index in [9.17, 15) is 8.42 Å². The maximum absolute atomic E-state index is 11.1. The van der Waals surface area contributed by atoms with E-state index in [1.54, 1.807) is 13.8 Å². The van der Waals surface area contributed by atoms with E-state index in [1.165, 1.54) is 18.2 Å². The highest BCUT2D eigenvalue weighted by Gasteiger charge is 2.18. The summed E-state index contributed by atoms with van der Waals surface area (Å²) in [7, 11) is -3.75. The molecule has 6 nitrogen and oxygen atoms in total. The van der Waals surface area contributed by atoms with Gasteiger partial charge in [0.25, 0.3) is 0 Å². The van der Waals surface area contributed by atoms with E-state index in [0.717, 1.165) is 0 Å². The Hall–Kier alpha value is -1.31. The lowest BCUT2D eigenvalue weighted by Gasteiger charge is -2.25. The van der Waals surface area contributed by atoms with Gasteiger partial charge in [-0.15, -0.1) is 0 Å². The molecule has 0 aromatic heterocycles. The standard InChI is InChI=1S/C10H17N3O3S/c1-10(2,6-14)13-9-4-3-7(5-8(9)11)17(12,15)16/h3-5,13-14H,6,11H2,1-2H3,(H2,12,15,16). The molecule has 0 amide bonds. The molecule has 0 aliphatic carbocycles. The number of benzene rings is 1. The Kier molecular flexibility index (Phi) is 3.65. The predicted octanol–water partition coefficient (Wildman–Crippen LogP) is 0.0990. The van der Waals surface area contributed by atoms with Gasteiger partial charge in [-0.2, -0.15) is 0 Å². The Labute approximate surface area is 101 Å². The van der Waals surface area contributed by atoms with E-state index < -0.39 is 15.6 Å². The number of nitrogens with one attached hydrogen (secondary N) is 1. The SMILES string of the molecule is CC(C)(CO)Nc1ccc(S(N)(=O)=O)cc1N. The van der Waals surface area contributed by atoms with Crippen LogP contribution in [-0.4, -0.2) is 25.7 Å². The highest BCUT2D eigenvalue weighted by atomic mass is 32.2. The van der Waals surface area contributed by atoms with Crippen molar-refractivity contribution in [3.8, 4) is 0 Å². The molecule has 1 rings (SSSR count). The summed E-state index contributed by atoms with van der Waals surface area (Å²) >= 11 is 0. The van der Waals surface area contributed by atoms with Crippen molar-refractivity contribution in [2.75, 3.05) is 17.7 Å². The molecule has 96 valence electrons. The summed E-state index contributed by atoms with van der Waals surface area (Å²) in [5.74, 6) is 0. The zero-order valence-corrected chi connectivity index (χ0v) is 10.6. The van der Waals surface area contributed by atoms with Crippen LogP contribution in [0.3, 0.4) is 0 Å². The van der Waals surface area contributed by atoms with Gasteiger partial charge in [0, 0.05) is 0 Å². The highest BCUT2D eigenvalue weighted by Crippen LogP contribution is 2.24. The third-order valence-electron chi connectivity index (χ3n) is 2.22. The van der Waals surface area contributed by atoms with Gasteiger partial charge in [-0.3, -0.25) is 0 Å². The number of rotatable bonds is 4. The number of nitrogens with two attached hydrogens (primary N) is 2. The third kappa shape index (κ3) is 3.58. The molecule has 0 saturated carbocycles. The molecule has 0 fully saturated rings. The van der Waals surface area contributed by atoms with Gasteiger partial charge in [-0.05, 0) is 32.0 Å². The van der Waals surface area contributed by atoms with Gasteiger partial charge in [0.1, 0.15) is 0 Å². The van der Waals surface area contributed by atoms with Crippen molar-refractivity contribution in [2.45, 2.75) is 24.3 Å². The van der Waals surface area contributed by atoms with Gasteiger partial charge >= 0.3 is 0 Å². The van der Waals surface area contributed by atoms with Crippen molar-refractivity contribution in [1.82, 2.24) is 0 Å². The Bertz CT molecular complexity index is 512. The molecule has 0 heterocycles. The number of hydrogen-bond acceptors (Lipinski definition) is 5. The summed E-state index contributed by atoms with van der Waals surface area (Å²) in [4.78, 5) is -0.0395. The first-order valence-corrected chi connectivity index (χ1v) is 6.52. The zero-order chi connectivity index (χ0) is 13.3. The quantitative estimate of drug-likeness (QED) is 0.572. The summed E-state index contributed by atoms with van der Waals surface area (Å²) in [6.45, 7) is 3.50. The largest absolute Gasteiger partial charge is 0.397 e. The molecule has 17 heavy (non-hydrogen) atoms. The summed E-state index contributed by atoms with van der Waals surface area (Å²) in [6.07, 6.45) is 0. The van der Waals surface area contributed by atoms with Crippen LogP contribution < -0.4 is 16.2 Å². The first-order chi connectivity index (χ1) is 7.65. The van der Waals surface area contributed by atoms with Gasteiger partial charge < -0.3 is 16.2 Å². The molecule has 0 atom stereocenters. The van der Waals surface area contributed by atoms with E-state index >= 15 is 0 Å². The summed E-state index contributed by atoms with van der Waals surface area (Å²) in [6, 6.07) is 4.17. The van der Waals surface area contributed by atoms with Crippen LogP contribution >= 0.6 is 0 Å². The van der Waals surface area contributed by atoms with E-state index in [0.29, 0.717) is 5.69 Å². The lowest BCUT2D eigenvalue weighted by molar-refractivity contribution is 0.234. The first kappa shape index (κ1) is 13.8. The number of aliphatic hydroxyl groups is 1. The Morgan fingerprint density at radius 2 is 2.00 bits per heavy atom. The maximum atomic E-state index is 11.1. The minimum Gasteiger partial charge on any atom is -0.397 e. The van der Waals surface area contributed by atoms with E-state index in [4.69, 9.17) is 16.0 Å². The number of nitrogen functional groups attached to an aromatic ring is 1. The number of anilines is 2. The number of hydrogen-bond donors (Lipinski definition) is 4. The summed E-state index contributed by atoms with van der Waals surface area (Å²) < 4.78 is 22.2. The van der Waals surface area contributed by atoms with Crippen LogP contribution in [0.15, 0.2) is 23.1 Å². The highest BCUT2D eigenvalue weighted by molar-refractivity contribution is 7.89. The van der Waals surface area contributed by atoms with Crippen LogP contribution in [-0.2, 0) is 10.0 Å². The van der Waals surface area contributed by atoms with Crippen molar-refractivity contribution in [3.63, 3.8) is 0 Å². The second-order valence-corrected chi connectivity index (χ2v) is 6.02. The van der Waals surface area contributed by atoms with Gasteiger partial charge in [0.2, 0.25) is 10.0 Å². The van der Waals surface area contributed by atoms with Crippen molar-refractivity contribution in [1.29, 1.82) is 0 Å². The normalized spacial score (nSPS) is 12.5. The Morgan fingerprint density at radius 3 is 2.41 bits per heavy atom. The average molecular weight is 259 g/mol. The average Bonchev–Trinajstić information content (AvgIpc) is 2.19. The minimum atomic E-state index is -3.75. The molecule has 0 bridgehead atoms. The van der Waals surface area contributed by atoms with Crippen molar-refractivity contribution < 1.29 is 13.5 Å². The molecule has 0 spiro atoms. The van der Waals surface area contributed by atoms with Crippen molar-refractivity contribution in [3.05, 3.63) is 18.2 Å². The van der Waals surface area contributed by atoms with Gasteiger partial charge in [0.05, 0.1) is 28.4 Å². The van der Waals surface area contributed by atoms with Crippen molar-refractivity contribution >= 4 is 21.4 Å². The maximum Gasteiger partial charge on any atom is 0.238 e. The number of sulfonamides is 1. The molecular formula is C10H17N3O3S. The molecule has 0 saturated heterocycles. The van der Waals surface area contributed by atoms with Crippen LogP contribution in [0, 0.1) is 0 Å². The van der Waals surface area contributed by atoms with E-state index in [-0.39, 0.29) is 17.2 Å². The van der Waals surface area contributed by atoms with Crippen LogP contribution in [0.5, 0.6) is 0 Å². The lowest BCUT2D eigenvalue weighted by Crippen LogP contribution is -2.35. The second kappa shape index (κ2) is 4.52. The molecule has 7 heteroatoms. The lowest BCUT2D eigenvalue weighted by atomic mass is 10.1. The van der Waals surface area contributed by atoms with Crippen molar-refractivity contribution in [2.24, 2.45) is 5.14 Å². The van der Waals surface area contributed by atoms with Crippen LogP contribution in [0.4, 0.5) is 11.4 Å². The van der Waals surface area contributed by atoms with Gasteiger partial charge in [-0.1, -0.05) is 0 Å². The molecule has 0 aliphatic heterocycles. The van der Waals surface area contributed by atoms with Gasteiger partial charge in [0.15, 0.2) is 0 Å². The first-order valence-electron chi connectivity index (χ1n) is 4.97. The fraction of sp³-hybridized carbons (Fsp3) is 0.400. The molecule has 0 radical (unpaired) electrons. The van der Waals surface area contributed by atoms with E-state index in [1.807, 2.05) is 0 Å². The Morgan fingerprint density at radius 1 is 1.41 bits per heavy atom. The zero-order valence-electron chi connectivity index (χ0n) is 9.77. The summed E-state index contributed by atoms with van der Waals surface area (Å²) in [5.41, 5.74) is 5.99. The molecule has 1 aromatic carbocycles. The molecular weight excluding hydrogens is 242 g/mol. The van der Waals surface area contributed by atoms with Crippen LogP contribution in [0.1, 0.15) is 13.8 Å². The number of aliphatic hydroxyl groups excluding tert-OH is 1. The predicted molar refractivity (Wildman–Crippen MR) is 67.0 cm³/mol. The molecule has 0 unspecified atom stereocenters. The van der Waals surface area contributed by atoms with Gasteiger partial charge in [-0.25, -0.2) is 13.6 Å². The minimum absolute atomic E-state index is 0.0395. The van der Waals surface area contributed by atoms with Crippen LogP contribution in [0.25, 0.3) is 0 Å². The molecule has 0 aliphatic rings.